The molecule has 0 atom stereocenters. The lowest BCUT2D eigenvalue weighted by atomic mass is 10.2. The van der Waals surface area contributed by atoms with Gasteiger partial charge in [-0.25, -0.2) is 0 Å². The highest BCUT2D eigenvalue weighted by atomic mass is 35.5. The van der Waals surface area contributed by atoms with E-state index in [0.717, 1.165) is 23.9 Å². The second-order valence-corrected chi connectivity index (χ2v) is 7.74. The summed E-state index contributed by atoms with van der Waals surface area (Å²) in [6, 6.07) is 9.38. The normalized spacial score (nSPS) is 11.6. The number of alkyl halides is 3. The van der Waals surface area contributed by atoms with E-state index in [0.29, 0.717) is 42.0 Å². The van der Waals surface area contributed by atoms with E-state index in [1.165, 1.54) is 0 Å². The fourth-order valence-corrected chi connectivity index (χ4v) is 3.96. The Hall–Kier alpha value is -2.63. The van der Waals surface area contributed by atoms with Gasteiger partial charge >= 0.3 is 6.18 Å². The number of rotatable bonds is 8. The second-order valence-electron chi connectivity index (χ2n) is 6.32. The number of aromatic nitrogens is 3. The van der Waals surface area contributed by atoms with Crippen molar-refractivity contribution in [1.82, 2.24) is 14.8 Å². The van der Waals surface area contributed by atoms with Crippen LogP contribution < -0.4 is 0 Å². The molecule has 1 heterocycles. The lowest BCUT2D eigenvalue weighted by Crippen LogP contribution is -2.07. The third-order valence-electron chi connectivity index (χ3n) is 4.25. The van der Waals surface area contributed by atoms with Crippen LogP contribution in [0.4, 0.5) is 18.9 Å². The summed E-state index contributed by atoms with van der Waals surface area (Å²) in [5.41, 5.74) is -1.14. The molecule has 12 heteroatoms. The molecular formula is C19H16ClF3N4O3S. The molecule has 0 spiro atoms. The Balaban J connectivity index is 2.03. The highest BCUT2D eigenvalue weighted by molar-refractivity contribution is 7.99. The van der Waals surface area contributed by atoms with Crippen molar-refractivity contribution in [3.8, 4) is 11.4 Å². The average Bonchev–Trinajstić information content (AvgIpc) is 3.10. The van der Waals surface area contributed by atoms with Crippen molar-refractivity contribution >= 4 is 29.1 Å². The third kappa shape index (κ3) is 5.35. The molecule has 2 aromatic carbocycles. The maximum absolute atomic E-state index is 13.0. The van der Waals surface area contributed by atoms with Crippen molar-refractivity contribution in [2.75, 3.05) is 13.7 Å². The molecule has 164 valence electrons. The second kappa shape index (κ2) is 9.67. The van der Waals surface area contributed by atoms with Gasteiger partial charge in [-0.1, -0.05) is 23.7 Å². The average molecular weight is 473 g/mol. The largest absolute Gasteiger partial charge is 0.416 e. The minimum absolute atomic E-state index is 0.0177. The van der Waals surface area contributed by atoms with Gasteiger partial charge in [0.1, 0.15) is 0 Å². The van der Waals surface area contributed by atoms with E-state index in [2.05, 4.69) is 10.2 Å². The molecule has 0 aliphatic carbocycles. The number of hydrogen-bond acceptors (Lipinski definition) is 6. The van der Waals surface area contributed by atoms with Crippen LogP contribution in [-0.4, -0.2) is 33.4 Å². The quantitative estimate of drug-likeness (QED) is 0.237. The molecule has 3 aromatic rings. The predicted molar refractivity (Wildman–Crippen MR) is 109 cm³/mol. The first-order chi connectivity index (χ1) is 14.7. The number of hydrogen-bond donors (Lipinski definition) is 0. The summed E-state index contributed by atoms with van der Waals surface area (Å²) < 4.78 is 45.7. The van der Waals surface area contributed by atoms with Crippen molar-refractivity contribution in [3.63, 3.8) is 0 Å². The molecule has 0 radical (unpaired) electrons. The van der Waals surface area contributed by atoms with Crippen LogP contribution in [0.2, 0.25) is 5.02 Å². The fraction of sp³-hybridized carbons (Fsp3) is 0.263. The standard InChI is InChI=1S/C19H16ClF3N4O3S/c1-30-10-4-9-26-17(13-5-2-3-6-14(13)20)24-25-18(26)31-16-8-7-12(19(21,22)23)11-15(16)27(28)29/h2-3,5-8,11H,4,9-10H2,1H3. The van der Waals surface area contributed by atoms with E-state index in [-0.39, 0.29) is 10.1 Å². The predicted octanol–water partition coefficient (Wildman–Crippen LogP) is 5.71. The number of nitrogens with zero attached hydrogens (tertiary/aromatic N) is 4. The highest BCUT2D eigenvalue weighted by Crippen LogP contribution is 2.40. The molecule has 1 aromatic heterocycles. The number of methoxy groups -OCH3 is 1. The first kappa shape index (κ1) is 23.0. The van der Waals surface area contributed by atoms with Crippen LogP contribution in [0.5, 0.6) is 0 Å². The molecule has 7 nitrogen and oxygen atoms in total. The zero-order chi connectivity index (χ0) is 22.6. The van der Waals surface area contributed by atoms with Crippen LogP contribution in [0.3, 0.4) is 0 Å². The molecule has 0 saturated carbocycles. The van der Waals surface area contributed by atoms with E-state index in [1.807, 2.05) is 0 Å². The minimum atomic E-state index is -4.69. The maximum Gasteiger partial charge on any atom is 0.416 e. The first-order valence-electron chi connectivity index (χ1n) is 8.93. The molecular weight excluding hydrogens is 457 g/mol. The summed E-state index contributed by atoms with van der Waals surface area (Å²) >= 11 is 7.14. The van der Waals surface area contributed by atoms with E-state index in [1.54, 1.807) is 35.9 Å². The molecule has 0 bridgehead atoms. The smallest absolute Gasteiger partial charge is 0.385 e. The fourth-order valence-electron chi connectivity index (χ4n) is 2.80. The Labute approximate surface area is 184 Å². The van der Waals surface area contributed by atoms with Gasteiger partial charge in [0.2, 0.25) is 0 Å². The van der Waals surface area contributed by atoms with Crippen molar-refractivity contribution in [3.05, 3.63) is 63.2 Å². The SMILES string of the molecule is COCCCn1c(Sc2ccc(C(F)(F)F)cc2[N+](=O)[O-])nnc1-c1ccccc1Cl. The third-order valence-corrected chi connectivity index (χ3v) is 5.63. The Morgan fingerprint density at radius 1 is 1.23 bits per heavy atom. The van der Waals surface area contributed by atoms with Crippen LogP contribution in [0, 0.1) is 10.1 Å². The number of benzene rings is 2. The Kier molecular flexibility index (Phi) is 7.19. The molecule has 3 rings (SSSR count). The molecule has 0 aliphatic rings. The molecule has 0 fully saturated rings. The maximum atomic E-state index is 13.0. The Morgan fingerprint density at radius 2 is 1.97 bits per heavy atom. The number of halogens is 4. The zero-order valence-corrected chi connectivity index (χ0v) is 17.7. The molecule has 0 N–H and O–H groups in total. The minimum Gasteiger partial charge on any atom is -0.385 e. The van der Waals surface area contributed by atoms with Crippen LogP contribution in [0.1, 0.15) is 12.0 Å². The highest BCUT2D eigenvalue weighted by Gasteiger charge is 2.33. The van der Waals surface area contributed by atoms with E-state index in [9.17, 15) is 23.3 Å². The lowest BCUT2D eigenvalue weighted by molar-refractivity contribution is -0.388. The summed E-state index contributed by atoms with van der Waals surface area (Å²) in [6.07, 6.45) is -4.10. The number of ether oxygens (including phenoxy) is 1. The van der Waals surface area contributed by atoms with Gasteiger partial charge in [0.25, 0.3) is 5.69 Å². The lowest BCUT2D eigenvalue weighted by Gasteiger charge is -2.12. The molecule has 0 aliphatic heterocycles. The van der Waals surface area contributed by atoms with Crippen molar-refractivity contribution in [2.45, 2.75) is 29.2 Å². The molecule has 0 amide bonds. The van der Waals surface area contributed by atoms with Crippen LogP contribution >= 0.6 is 23.4 Å². The first-order valence-corrected chi connectivity index (χ1v) is 10.1. The van der Waals surface area contributed by atoms with Gasteiger partial charge in [-0.05, 0) is 42.4 Å². The van der Waals surface area contributed by atoms with Gasteiger partial charge in [-0.3, -0.25) is 10.1 Å². The summed E-state index contributed by atoms with van der Waals surface area (Å²) in [7, 11) is 1.56. The molecule has 0 unspecified atom stereocenters. The monoisotopic (exact) mass is 472 g/mol. The summed E-state index contributed by atoms with van der Waals surface area (Å²) in [5, 5.41) is 20.4. The van der Waals surface area contributed by atoms with E-state index < -0.39 is 22.4 Å². The molecule has 0 saturated heterocycles. The van der Waals surface area contributed by atoms with Crippen LogP contribution in [0.25, 0.3) is 11.4 Å². The topological polar surface area (TPSA) is 83.1 Å². The van der Waals surface area contributed by atoms with E-state index in [4.69, 9.17) is 16.3 Å². The van der Waals surface area contributed by atoms with E-state index >= 15 is 0 Å². The van der Waals surface area contributed by atoms with Gasteiger partial charge < -0.3 is 9.30 Å². The van der Waals surface area contributed by atoms with Crippen LogP contribution in [-0.2, 0) is 17.5 Å². The van der Waals surface area contributed by atoms with Gasteiger partial charge in [0.15, 0.2) is 11.0 Å². The zero-order valence-electron chi connectivity index (χ0n) is 16.1. The Bertz CT molecular complexity index is 1090. The number of nitro groups is 1. The van der Waals surface area contributed by atoms with Crippen molar-refractivity contribution in [2.24, 2.45) is 0 Å². The van der Waals surface area contributed by atoms with Crippen LogP contribution in [0.15, 0.2) is 52.5 Å². The Morgan fingerprint density at radius 3 is 2.61 bits per heavy atom. The van der Waals surface area contributed by atoms with Crippen molar-refractivity contribution in [1.29, 1.82) is 0 Å². The van der Waals surface area contributed by atoms with Crippen molar-refractivity contribution < 1.29 is 22.8 Å². The summed E-state index contributed by atoms with van der Waals surface area (Å²) in [5.74, 6) is 0.443. The van der Waals surface area contributed by atoms with Gasteiger partial charge in [-0.2, -0.15) is 13.2 Å². The summed E-state index contributed by atoms with van der Waals surface area (Å²) in [4.78, 5) is 10.6. The van der Waals surface area contributed by atoms with Gasteiger partial charge in [0.05, 0.1) is 20.4 Å². The van der Waals surface area contributed by atoms with Gasteiger partial charge in [-0.15, -0.1) is 10.2 Å². The van der Waals surface area contributed by atoms with Gasteiger partial charge in [0, 0.05) is 31.9 Å². The summed E-state index contributed by atoms with van der Waals surface area (Å²) in [6.45, 7) is 0.864. The number of nitro benzene ring substituents is 1. The molecule has 31 heavy (non-hydrogen) atoms.